The molecule has 0 unspecified atom stereocenters. The molecule has 0 aliphatic carbocycles. The molecule has 4 nitrogen and oxygen atoms in total. The van der Waals surface area contributed by atoms with Crippen LogP contribution in [0.1, 0.15) is 29.8 Å². The smallest absolute Gasteiger partial charge is 0.337 e. The van der Waals surface area contributed by atoms with E-state index in [1.807, 2.05) is 26.0 Å². The van der Waals surface area contributed by atoms with Crippen molar-refractivity contribution in [1.29, 1.82) is 0 Å². The van der Waals surface area contributed by atoms with Gasteiger partial charge in [0.05, 0.1) is 25.6 Å². The number of benzene rings is 2. The fourth-order valence-electron chi connectivity index (χ4n) is 2.07. The lowest BCUT2D eigenvalue weighted by molar-refractivity contribution is 0.0697. The van der Waals surface area contributed by atoms with Crippen LogP contribution in [-0.2, 0) is 6.54 Å². The summed E-state index contributed by atoms with van der Waals surface area (Å²) in [4.78, 5) is 11.0. The molecule has 7 heteroatoms. The maximum atomic E-state index is 11.0. The van der Waals surface area contributed by atoms with E-state index in [1.54, 1.807) is 12.1 Å². The molecule has 128 valence electrons. The Hall–Kier alpha value is -1.24. The molecule has 2 aromatic rings. The van der Waals surface area contributed by atoms with Crippen LogP contribution in [-0.4, -0.2) is 17.2 Å². The van der Waals surface area contributed by atoms with Crippen molar-refractivity contribution >= 4 is 55.1 Å². The van der Waals surface area contributed by atoms with E-state index in [1.165, 1.54) is 6.07 Å². The van der Waals surface area contributed by atoms with Crippen LogP contribution < -0.4 is 10.1 Å². The molecule has 2 rings (SSSR count). The van der Waals surface area contributed by atoms with Gasteiger partial charge in [-0.25, -0.2) is 4.79 Å². The minimum absolute atomic E-state index is 0.0801. The molecule has 0 amide bonds. The highest BCUT2D eigenvalue weighted by Gasteiger charge is 2.12. The lowest BCUT2D eigenvalue weighted by Gasteiger charge is -2.15. The van der Waals surface area contributed by atoms with Crippen molar-refractivity contribution in [2.75, 3.05) is 5.32 Å². The first-order valence-electron chi connectivity index (χ1n) is 7.19. The summed E-state index contributed by atoms with van der Waals surface area (Å²) in [5, 5.41) is 12.4. The highest BCUT2D eigenvalue weighted by molar-refractivity contribution is 9.11. The Labute approximate surface area is 162 Å². The van der Waals surface area contributed by atoms with Gasteiger partial charge in [0.25, 0.3) is 0 Å². The standard InChI is InChI=1S/C17H16Br2ClNO3/c1-9(2)24-16-13(18)5-10(6-14(16)19)8-21-11-3-4-12(17(22)23)15(20)7-11/h3-7,9,21H,8H2,1-2H3,(H,22,23). The molecule has 0 aromatic heterocycles. The lowest BCUT2D eigenvalue weighted by atomic mass is 10.2. The van der Waals surface area contributed by atoms with Crippen LogP contribution in [0, 0.1) is 0 Å². The van der Waals surface area contributed by atoms with E-state index in [2.05, 4.69) is 37.2 Å². The molecule has 0 spiro atoms. The fraction of sp³-hybridized carbons (Fsp3) is 0.235. The first-order chi connectivity index (χ1) is 11.3. The van der Waals surface area contributed by atoms with Crippen molar-refractivity contribution in [2.45, 2.75) is 26.5 Å². The highest BCUT2D eigenvalue weighted by atomic mass is 79.9. The lowest BCUT2D eigenvalue weighted by Crippen LogP contribution is -2.07. The predicted octanol–water partition coefficient (Wildman–Crippen LogP) is 5.96. The molecule has 0 radical (unpaired) electrons. The van der Waals surface area contributed by atoms with Gasteiger partial charge in [0.15, 0.2) is 0 Å². The molecule has 0 bridgehead atoms. The van der Waals surface area contributed by atoms with Crippen molar-refractivity contribution in [3.63, 3.8) is 0 Å². The Balaban J connectivity index is 2.12. The van der Waals surface area contributed by atoms with Crippen molar-refractivity contribution in [3.05, 3.63) is 55.4 Å². The summed E-state index contributed by atoms with van der Waals surface area (Å²) in [7, 11) is 0. The van der Waals surface area contributed by atoms with E-state index in [4.69, 9.17) is 21.4 Å². The normalized spacial score (nSPS) is 10.8. The van der Waals surface area contributed by atoms with Gasteiger partial charge in [-0.05, 0) is 81.6 Å². The molecule has 2 N–H and O–H groups in total. The number of halogens is 3. The maximum absolute atomic E-state index is 11.0. The van der Waals surface area contributed by atoms with Gasteiger partial charge in [-0.2, -0.15) is 0 Å². The van der Waals surface area contributed by atoms with Crippen molar-refractivity contribution in [2.24, 2.45) is 0 Å². The van der Waals surface area contributed by atoms with E-state index in [-0.39, 0.29) is 16.7 Å². The number of carboxylic acid groups (broad SMARTS) is 1. The first kappa shape index (κ1) is 19.1. The molecular formula is C17H16Br2ClNO3. The van der Waals surface area contributed by atoms with Crippen LogP contribution in [0.3, 0.4) is 0 Å². The third-order valence-electron chi connectivity index (χ3n) is 3.11. The summed E-state index contributed by atoms with van der Waals surface area (Å²) < 4.78 is 7.48. The SMILES string of the molecule is CC(C)Oc1c(Br)cc(CNc2ccc(C(=O)O)c(Cl)c2)cc1Br. The van der Waals surface area contributed by atoms with Crippen LogP contribution >= 0.6 is 43.5 Å². The van der Waals surface area contributed by atoms with Gasteiger partial charge in [-0.1, -0.05) is 11.6 Å². The topological polar surface area (TPSA) is 58.6 Å². The Morgan fingerprint density at radius 3 is 2.38 bits per heavy atom. The molecule has 0 saturated carbocycles. The second-order valence-corrected chi connectivity index (χ2v) is 7.52. The van der Waals surface area contributed by atoms with Gasteiger partial charge < -0.3 is 15.2 Å². The summed E-state index contributed by atoms with van der Waals surface area (Å²) >= 11 is 13.0. The number of aromatic carboxylic acids is 1. The number of nitrogens with one attached hydrogen (secondary N) is 1. The predicted molar refractivity (Wildman–Crippen MR) is 103 cm³/mol. The van der Waals surface area contributed by atoms with Gasteiger partial charge >= 0.3 is 5.97 Å². The molecule has 0 aliphatic rings. The Morgan fingerprint density at radius 2 is 1.88 bits per heavy atom. The van der Waals surface area contributed by atoms with Crippen LogP contribution in [0.25, 0.3) is 0 Å². The zero-order chi connectivity index (χ0) is 17.9. The summed E-state index contributed by atoms with van der Waals surface area (Å²) in [6, 6.07) is 8.73. The minimum Gasteiger partial charge on any atom is -0.489 e. The van der Waals surface area contributed by atoms with Crippen LogP contribution in [0.5, 0.6) is 5.75 Å². The molecule has 0 fully saturated rings. The van der Waals surface area contributed by atoms with Crippen molar-refractivity contribution in [1.82, 2.24) is 0 Å². The average Bonchev–Trinajstić information content (AvgIpc) is 2.48. The molecule has 0 saturated heterocycles. The zero-order valence-corrected chi connectivity index (χ0v) is 17.0. The molecule has 2 aromatic carbocycles. The summed E-state index contributed by atoms with van der Waals surface area (Å²) in [6.07, 6.45) is 0.0801. The van der Waals surface area contributed by atoms with Crippen molar-refractivity contribution < 1.29 is 14.6 Å². The largest absolute Gasteiger partial charge is 0.489 e. The second-order valence-electron chi connectivity index (χ2n) is 5.41. The molecule has 0 heterocycles. The Bertz CT molecular complexity index is 742. The number of ether oxygens (including phenoxy) is 1. The number of rotatable bonds is 6. The third-order valence-corrected chi connectivity index (χ3v) is 4.60. The van der Waals surface area contributed by atoms with Crippen LogP contribution in [0.4, 0.5) is 5.69 Å². The molecular weight excluding hydrogens is 461 g/mol. The number of anilines is 1. The van der Waals surface area contributed by atoms with Crippen LogP contribution in [0.15, 0.2) is 39.3 Å². The first-order valence-corrected chi connectivity index (χ1v) is 9.15. The summed E-state index contributed by atoms with van der Waals surface area (Å²) in [5.41, 5.74) is 1.87. The average molecular weight is 478 g/mol. The number of carbonyl (C=O) groups is 1. The molecule has 0 aliphatic heterocycles. The van der Waals surface area contributed by atoms with Gasteiger partial charge in [0, 0.05) is 12.2 Å². The van der Waals surface area contributed by atoms with Crippen molar-refractivity contribution in [3.8, 4) is 5.75 Å². The highest BCUT2D eigenvalue weighted by Crippen LogP contribution is 2.35. The van der Waals surface area contributed by atoms with Gasteiger partial charge in [0.1, 0.15) is 5.75 Å². The minimum atomic E-state index is -1.04. The monoisotopic (exact) mass is 475 g/mol. The molecule has 0 atom stereocenters. The van der Waals surface area contributed by atoms with Gasteiger partial charge in [0.2, 0.25) is 0 Å². The zero-order valence-electron chi connectivity index (χ0n) is 13.1. The summed E-state index contributed by atoms with van der Waals surface area (Å²) in [6.45, 7) is 4.50. The second kappa shape index (κ2) is 8.23. The Kier molecular flexibility index (Phi) is 6.54. The number of hydrogen-bond acceptors (Lipinski definition) is 3. The number of hydrogen-bond donors (Lipinski definition) is 2. The van der Waals surface area contributed by atoms with E-state index in [0.29, 0.717) is 6.54 Å². The van der Waals surface area contributed by atoms with Crippen LogP contribution in [0.2, 0.25) is 5.02 Å². The maximum Gasteiger partial charge on any atom is 0.337 e. The fourth-order valence-corrected chi connectivity index (χ4v) is 3.79. The van der Waals surface area contributed by atoms with E-state index in [9.17, 15) is 4.79 Å². The van der Waals surface area contributed by atoms with Gasteiger partial charge in [-0.3, -0.25) is 0 Å². The van der Waals surface area contributed by atoms with E-state index < -0.39 is 5.97 Å². The third kappa shape index (κ3) is 4.88. The number of carboxylic acids is 1. The Morgan fingerprint density at radius 1 is 1.25 bits per heavy atom. The van der Waals surface area contributed by atoms with E-state index >= 15 is 0 Å². The quantitative estimate of drug-likeness (QED) is 0.539. The molecule has 24 heavy (non-hydrogen) atoms. The van der Waals surface area contributed by atoms with E-state index in [0.717, 1.165) is 25.9 Å². The summed E-state index contributed by atoms with van der Waals surface area (Å²) in [5.74, 6) is -0.275. The van der Waals surface area contributed by atoms with Gasteiger partial charge in [-0.15, -0.1) is 0 Å².